The molecule has 2 heterocycles. The van der Waals surface area contributed by atoms with Crippen molar-refractivity contribution >= 4 is 0 Å². The van der Waals surface area contributed by atoms with E-state index in [9.17, 15) is 0 Å². The zero-order valence-electron chi connectivity index (χ0n) is 10.7. The number of aromatic nitrogens is 2. The number of nitrogens with zero attached hydrogens (tertiary/aromatic N) is 3. The maximum Gasteiger partial charge on any atom is 0.0335 e. The fourth-order valence-corrected chi connectivity index (χ4v) is 1.96. The number of pyridine rings is 1. The van der Waals surface area contributed by atoms with E-state index in [1.807, 2.05) is 25.5 Å². The minimum Gasteiger partial charge on any atom is -0.357 e. The molecule has 0 radical (unpaired) electrons. The van der Waals surface area contributed by atoms with Gasteiger partial charge in [0.1, 0.15) is 0 Å². The van der Waals surface area contributed by atoms with Crippen LogP contribution in [0.4, 0.5) is 0 Å². The van der Waals surface area contributed by atoms with Gasteiger partial charge in [-0.1, -0.05) is 6.07 Å². The number of aryl methyl sites for hydroxylation is 1. The van der Waals surface area contributed by atoms with Gasteiger partial charge in [-0.05, 0) is 37.2 Å². The first-order chi connectivity index (χ1) is 8.16. The second-order valence-corrected chi connectivity index (χ2v) is 4.56. The summed E-state index contributed by atoms with van der Waals surface area (Å²) < 4.78 is 2.08. The van der Waals surface area contributed by atoms with E-state index in [1.54, 1.807) is 0 Å². The molecule has 0 saturated heterocycles. The molecule has 0 aromatic carbocycles. The zero-order chi connectivity index (χ0) is 12.3. The predicted molar refractivity (Wildman–Crippen MR) is 69.5 cm³/mol. The topological polar surface area (TPSA) is 21.1 Å². The summed E-state index contributed by atoms with van der Waals surface area (Å²) in [5, 5.41) is 0. The monoisotopic (exact) mass is 229 g/mol. The van der Waals surface area contributed by atoms with Crippen molar-refractivity contribution in [3.63, 3.8) is 0 Å². The third kappa shape index (κ3) is 2.94. The normalized spacial score (nSPS) is 12.9. The Balaban J connectivity index is 2.03. The van der Waals surface area contributed by atoms with Gasteiger partial charge in [-0.2, -0.15) is 0 Å². The third-order valence-electron chi connectivity index (χ3n) is 3.15. The van der Waals surface area contributed by atoms with Crippen LogP contribution in [-0.4, -0.2) is 21.5 Å². The van der Waals surface area contributed by atoms with Crippen molar-refractivity contribution in [3.05, 3.63) is 54.1 Å². The standard InChI is InChI=1S/C14H19N3/c1-12(14-5-4-7-15-9-14)17(3)11-13-6-8-16(2)10-13/h4-10,12H,11H2,1-3H3/t12-/m0/s1. The first-order valence-electron chi connectivity index (χ1n) is 5.88. The van der Waals surface area contributed by atoms with Crippen molar-refractivity contribution in [2.75, 3.05) is 7.05 Å². The molecule has 2 rings (SSSR count). The van der Waals surface area contributed by atoms with Gasteiger partial charge in [-0.25, -0.2) is 0 Å². The molecule has 90 valence electrons. The van der Waals surface area contributed by atoms with E-state index in [4.69, 9.17) is 0 Å². The Hall–Kier alpha value is -1.61. The van der Waals surface area contributed by atoms with Gasteiger partial charge >= 0.3 is 0 Å². The molecule has 0 aliphatic heterocycles. The van der Waals surface area contributed by atoms with Gasteiger partial charge in [0.2, 0.25) is 0 Å². The van der Waals surface area contributed by atoms with E-state index in [1.165, 1.54) is 11.1 Å². The highest BCUT2D eigenvalue weighted by Crippen LogP contribution is 2.19. The van der Waals surface area contributed by atoms with Gasteiger partial charge in [0.05, 0.1) is 0 Å². The quantitative estimate of drug-likeness (QED) is 0.803. The van der Waals surface area contributed by atoms with Crippen molar-refractivity contribution in [3.8, 4) is 0 Å². The smallest absolute Gasteiger partial charge is 0.0335 e. The first-order valence-corrected chi connectivity index (χ1v) is 5.88. The molecule has 0 bridgehead atoms. The van der Waals surface area contributed by atoms with Crippen LogP contribution in [0.1, 0.15) is 24.1 Å². The Morgan fingerprint density at radius 2 is 2.24 bits per heavy atom. The lowest BCUT2D eigenvalue weighted by Gasteiger charge is -2.24. The summed E-state index contributed by atoms with van der Waals surface area (Å²) in [6, 6.07) is 6.65. The largest absolute Gasteiger partial charge is 0.357 e. The summed E-state index contributed by atoms with van der Waals surface area (Å²) >= 11 is 0. The molecule has 0 N–H and O–H groups in total. The fraction of sp³-hybridized carbons (Fsp3) is 0.357. The lowest BCUT2D eigenvalue weighted by molar-refractivity contribution is 0.252. The van der Waals surface area contributed by atoms with Crippen molar-refractivity contribution in [1.82, 2.24) is 14.5 Å². The van der Waals surface area contributed by atoms with Crippen LogP contribution < -0.4 is 0 Å². The highest BCUT2D eigenvalue weighted by Gasteiger charge is 2.12. The molecule has 0 unspecified atom stereocenters. The van der Waals surface area contributed by atoms with Crippen molar-refractivity contribution in [1.29, 1.82) is 0 Å². The van der Waals surface area contributed by atoms with E-state index in [2.05, 4.69) is 52.9 Å². The van der Waals surface area contributed by atoms with Crippen LogP contribution in [-0.2, 0) is 13.6 Å². The molecule has 3 heteroatoms. The van der Waals surface area contributed by atoms with E-state index >= 15 is 0 Å². The Bertz CT molecular complexity index is 461. The molecule has 0 aliphatic rings. The average molecular weight is 229 g/mol. The fourth-order valence-electron chi connectivity index (χ4n) is 1.96. The molecular weight excluding hydrogens is 210 g/mol. The summed E-state index contributed by atoms with van der Waals surface area (Å²) in [6.45, 7) is 3.16. The Labute approximate surface area is 103 Å². The summed E-state index contributed by atoms with van der Waals surface area (Å²) in [6.07, 6.45) is 7.99. The van der Waals surface area contributed by atoms with Gasteiger partial charge in [0.25, 0.3) is 0 Å². The Kier molecular flexibility index (Phi) is 3.59. The molecule has 0 aliphatic carbocycles. The predicted octanol–water partition coefficient (Wildman–Crippen LogP) is 2.61. The lowest BCUT2D eigenvalue weighted by Crippen LogP contribution is -2.21. The summed E-state index contributed by atoms with van der Waals surface area (Å²) in [4.78, 5) is 6.49. The Morgan fingerprint density at radius 1 is 1.41 bits per heavy atom. The van der Waals surface area contributed by atoms with E-state index < -0.39 is 0 Å². The van der Waals surface area contributed by atoms with Gasteiger partial charge in [-0.15, -0.1) is 0 Å². The maximum atomic E-state index is 4.17. The minimum atomic E-state index is 0.379. The molecule has 2 aromatic rings. The van der Waals surface area contributed by atoms with E-state index in [-0.39, 0.29) is 0 Å². The van der Waals surface area contributed by atoms with Gasteiger partial charge in [-0.3, -0.25) is 9.88 Å². The first kappa shape index (κ1) is 11.9. The molecule has 0 fully saturated rings. The summed E-state index contributed by atoms with van der Waals surface area (Å²) in [7, 11) is 4.19. The number of hydrogen-bond acceptors (Lipinski definition) is 2. The average Bonchev–Trinajstić information content (AvgIpc) is 2.75. The van der Waals surface area contributed by atoms with E-state index in [0.29, 0.717) is 6.04 Å². The third-order valence-corrected chi connectivity index (χ3v) is 3.15. The highest BCUT2D eigenvalue weighted by molar-refractivity contribution is 5.15. The molecule has 2 aromatic heterocycles. The van der Waals surface area contributed by atoms with Crippen LogP contribution >= 0.6 is 0 Å². The number of hydrogen-bond donors (Lipinski definition) is 0. The number of rotatable bonds is 4. The molecule has 17 heavy (non-hydrogen) atoms. The molecule has 1 atom stereocenters. The van der Waals surface area contributed by atoms with Gasteiger partial charge in [0, 0.05) is 44.4 Å². The van der Waals surface area contributed by atoms with Crippen LogP contribution in [0.5, 0.6) is 0 Å². The summed E-state index contributed by atoms with van der Waals surface area (Å²) in [5.74, 6) is 0. The lowest BCUT2D eigenvalue weighted by atomic mass is 10.1. The molecular formula is C14H19N3. The van der Waals surface area contributed by atoms with Gasteiger partial charge in [0.15, 0.2) is 0 Å². The Morgan fingerprint density at radius 3 is 2.82 bits per heavy atom. The molecule has 0 amide bonds. The molecule has 0 saturated carbocycles. The van der Waals surface area contributed by atoms with Crippen LogP contribution in [0, 0.1) is 0 Å². The van der Waals surface area contributed by atoms with Crippen LogP contribution in [0.2, 0.25) is 0 Å². The molecule has 3 nitrogen and oxygen atoms in total. The highest BCUT2D eigenvalue weighted by atomic mass is 15.1. The SMILES string of the molecule is C[C@@H](c1cccnc1)N(C)Cc1ccn(C)c1. The van der Waals surface area contributed by atoms with Crippen molar-refractivity contribution in [2.45, 2.75) is 19.5 Å². The van der Waals surface area contributed by atoms with Crippen molar-refractivity contribution in [2.24, 2.45) is 7.05 Å². The van der Waals surface area contributed by atoms with Crippen LogP contribution in [0.25, 0.3) is 0 Å². The van der Waals surface area contributed by atoms with E-state index in [0.717, 1.165) is 6.54 Å². The molecule has 0 spiro atoms. The zero-order valence-corrected chi connectivity index (χ0v) is 10.7. The summed E-state index contributed by atoms with van der Waals surface area (Å²) in [5.41, 5.74) is 2.59. The maximum absolute atomic E-state index is 4.17. The second-order valence-electron chi connectivity index (χ2n) is 4.56. The minimum absolute atomic E-state index is 0.379. The van der Waals surface area contributed by atoms with Crippen molar-refractivity contribution < 1.29 is 0 Å². The van der Waals surface area contributed by atoms with Crippen LogP contribution in [0.15, 0.2) is 43.0 Å². The van der Waals surface area contributed by atoms with Gasteiger partial charge < -0.3 is 4.57 Å². The second kappa shape index (κ2) is 5.15. The van der Waals surface area contributed by atoms with Crippen LogP contribution in [0.3, 0.4) is 0 Å².